The van der Waals surface area contributed by atoms with E-state index in [2.05, 4.69) is 19.9 Å². The number of hydrogen-bond donors (Lipinski definition) is 0. The molecular weight excluding hydrogens is 358 g/mol. The lowest BCUT2D eigenvalue weighted by Crippen LogP contribution is -2.29. The van der Waals surface area contributed by atoms with E-state index in [1.165, 1.54) is 12.8 Å². The SMILES string of the molecule is Cc1noc(C)c1Cc1ccc(C(=O)N2CCC(n3cnnc3C3CC3)C2)o1. The number of rotatable bonds is 5. The predicted octanol–water partition coefficient (Wildman–Crippen LogP) is 3.03. The molecule has 1 atom stereocenters. The van der Waals surface area contributed by atoms with E-state index in [-0.39, 0.29) is 11.9 Å². The molecule has 2 fully saturated rings. The Bertz CT molecular complexity index is 993. The van der Waals surface area contributed by atoms with Gasteiger partial charge in [0.15, 0.2) is 5.76 Å². The number of carbonyl (C=O) groups excluding carboxylic acids is 1. The topological polar surface area (TPSA) is 90.2 Å². The third-order valence-electron chi connectivity index (χ3n) is 5.79. The molecule has 0 aromatic carbocycles. The van der Waals surface area contributed by atoms with Crippen LogP contribution in [-0.4, -0.2) is 43.8 Å². The largest absolute Gasteiger partial charge is 0.456 e. The molecule has 1 aliphatic carbocycles. The molecule has 8 heteroatoms. The number of aromatic nitrogens is 4. The summed E-state index contributed by atoms with van der Waals surface area (Å²) in [6.45, 7) is 5.17. The monoisotopic (exact) mass is 381 g/mol. The fourth-order valence-corrected chi connectivity index (χ4v) is 3.99. The summed E-state index contributed by atoms with van der Waals surface area (Å²) in [6, 6.07) is 3.86. The Hall–Kier alpha value is -2.90. The van der Waals surface area contributed by atoms with E-state index < -0.39 is 0 Å². The van der Waals surface area contributed by atoms with E-state index in [0.29, 0.717) is 31.2 Å². The summed E-state index contributed by atoms with van der Waals surface area (Å²) in [6.07, 6.45) is 5.67. The second-order valence-corrected chi connectivity index (χ2v) is 7.81. The summed E-state index contributed by atoms with van der Waals surface area (Å²) in [4.78, 5) is 14.8. The number of hydrogen-bond acceptors (Lipinski definition) is 6. The van der Waals surface area contributed by atoms with Crippen molar-refractivity contribution < 1.29 is 13.7 Å². The van der Waals surface area contributed by atoms with Crippen LogP contribution in [0.25, 0.3) is 0 Å². The molecule has 1 aliphatic heterocycles. The van der Waals surface area contributed by atoms with Crippen molar-refractivity contribution >= 4 is 5.91 Å². The highest BCUT2D eigenvalue weighted by Crippen LogP contribution is 2.40. The van der Waals surface area contributed by atoms with Crippen molar-refractivity contribution in [2.75, 3.05) is 13.1 Å². The van der Waals surface area contributed by atoms with Crippen LogP contribution in [-0.2, 0) is 6.42 Å². The van der Waals surface area contributed by atoms with E-state index in [1.807, 2.05) is 24.8 Å². The lowest BCUT2D eigenvalue weighted by molar-refractivity contribution is 0.0754. The maximum atomic E-state index is 12.9. The minimum atomic E-state index is -0.0615. The molecule has 1 saturated carbocycles. The Kier molecular flexibility index (Phi) is 4.07. The molecule has 4 heterocycles. The van der Waals surface area contributed by atoms with Gasteiger partial charge in [-0.25, -0.2) is 0 Å². The zero-order chi connectivity index (χ0) is 19.3. The highest BCUT2D eigenvalue weighted by atomic mass is 16.5. The first-order valence-electron chi connectivity index (χ1n) is 9.79. The van der Waals surface area contributed by atoms with Gasteiger partial charge in [-0.2, -0.15) is 0 Å². The van der Waals surface area contributed by atoms with Crippen molar-refractivity contribution in [2.24, 2.45) is 0 Å². The number of aryl methyl sites for hydroxylation is 2. The molecule has 5 rings (SSSR count). The second-order valence-electron chi connectivity index (χ2n) is 7.81. The number of nitrogens with zero attached hydrogens (tertiary/aromatic N) is 5. The first-order chi connectivity index (χ1) is 13.6. The summed E-state index contributed by atoms with van der Waals surface area (Å²) < 4.78 is 13.2. The molecule has 8 nitrogen and oxygen atoms in total. The van der Waals surface area contributed by atoms with Crippen molar-refractivity contribution in [2.45, 2.75) is 51.5 Å². The van der Waals surface area contributed by atoms with Gasteiger partial charge < -0.3 is 18.4 Å². The average molecular weight is 381 g/mol. The van der Waals surface area contributed by atoms with Crippen LogP contribution in [0.2, 0.25) is 0 Å². The van der Waals surface area contributed by atoms with Gasteiger partial charge in [0.05, 0.1) is 11.7 Å². The molecule has 0 N–H and O–H groups in total. The Balaban J connectivity index is 1.27. The Morgan fingerprint density at radius 3 is 2.86 bits per heavy atom. The van der Waals surface area contributed by atoms with Crippen LogP contribution in [0, 0.1) is 13.8 Å². The van der Waals surface area contributed by atoms with Gasteiger partial charge in [0, 0.05) is 31.0 Å². The third kappa shape index (κ3) is 3.02. The van der Waals surface area contributed by atoms with Crippen LogP contribution >= 0.6 is 0 Å². The molecule has 2 aliphatic rings. The van der Waals surface area contributed by atoms with Gasteiger partial charge >= 0.3 is 0 Å². The molecule has 1 unspecified atom stereocenters. The highest BCUT2D eigenvalue weighted by molar-refractivity contribution is 5.91. The Morgan fingerprint density at radius 1 is 1.25 bits per heavy atom. The van der Waals surface area contributed by atoms with Crippen molar-refractivity contribution in [3.8, 4) is 0 Å². The van der Waals surface area contributed by atoms with Crippen molar-refractivity contribution in [3.05, 3.63) is 52.8 Å². The molecular formula is C20H23N5O3. The minimum Gasteiger partial charge on any atom is -0.456 e. The number of likely N-dealkylation sites (tertiary alicyclic amines) is 1. The van der Waals surface area contributed by atoms with Crippen LogP contribution in [0.3, 0.4) is 0 Å². The van der Waals surface area contributed by atoms with Gasteiger partial charge in [-0.1, -0.05) is 5.16 Å². The summed E-state index contributed by atoms with van der Waals surface area (Å²) >= 11 is 0. The van der Waals surface area contributed by atoms with Crippen molar-refractivity contribution in [1.82, 2.24) is 24.8 Å². The lowest BCUT2D eigenvalue weighted by Gasteiger charge is -2.16. The van der Waals surface area contributed by atoms with Crippen LogP contribution in [0.15, 0.2) is 27.4 Å². The number of furan rings is 1. The van der Waals surface area contributed by atoms with E-state index in [9.17, 15) is 4.79 Å². The van der Waals surface area contributed by atoms with Gasteiger partial charge in [-0.15, -0.1) is 10.2 Å². The fourth-order valence-electron chi connectivity index (χ4n) is 3.99. The number of carbonyl (C=O) groups is 1. The normalized spacial score (nSPS) is 19.5. The minimum absolute atomic E-state index is 0.0615. The van der Waals surface area contributed by atoms with Crippen LogP contribution in [0.4, 0.5) is 0 Å². The quantitative estimate of drug-likeness (QED) is 0.675. The summed E-state index contributed by atoms with van der Waals surface area (Å²) in [5.74, 6) is 3.46. The molecule has 0 bridgehead atoms. The number of amides is 1. The van der Waals surface area contributed by atoms with Crippen LogP contribution in [0.5, 0.6) is 0 Å². The first-order valence-corrected chi connectivity index (χ1v) is 9.79. The predicted molar refractivity (Wildman–Crippen MR) is 99.0 cm³/mol. The lowest BCUT2D eigenvalue weighted by atomic mass is 10.1. The van der Waals surface area contributed by atoms with Crippen LogP contribution < -0.4 is 0 Å². The summed E-state index contributed by atoms with van der Waals surface area (Å²) in [5.41, 5.74) is 1.86. The van der Waals surface area contributed by atoms with Gasteiger partial charge in [-0.05, 0) is 45.2 Å². The molecule has 28 heavy (non-hydrogen) atoms. The van der Waals surface area contributed by atoms with Crippen molar-refractivity contribution in [1.29, 1.82) is 0 Å². The van der Waals surface area contributed by atoms with Gasteiger partial charge in [0.25, 0.3) is 5.91 Å². The van der Waals surface area contributed by atoms with Crippen LogP contribution in [0.1, 0.15) is 70.4 Å². The average Bonchev–Trinajstić information content (AvgIpc) is 3.12. The molecule has 0 radical (unpaired) electrons. The summed E-state index contributed by atoms with van der Waals surface area (Å²) in [5, 5.41) is 12.3. The molecule has 146 valence electrons. The first kappa shape index (κ1) is 17.2. The Labute approximate surface area is 162 Å². The van der Waals surface area contributed by atoms with Gasteiger partial charge in [0.2, 0.25) is 0 Å². The third-order valence-corrected chi connectivity index (χ3v) is 5.79. The van der Waals surface area contributed by atoms with Gasteiger partial charge in [0.1, 0.15) is 23.7 Å². The zero-order valence-electron chi connectivity index (χ0n) is 16.1. The second kappa shape index (κ2) is 6.61. The maximum absolute atomic E-state index is 12.9. The van der Waals surface area contributed by atoms with E-state index in [1.54, 1.807) is 12.4 Å². The molecule has 1 amide bonds. The Morgan fingerprint density at radius 2 is 2.11 bits per heavy atom. The van der Waals surface area contributed by atoms with E-state index in [0.717, 1.165) is 35.0 Å². The maximum Gasteiger partial charge on any atom is 0.289 e. The highest BCUT2D eigenvalue weighted by Gasteiger charge is 2.35. The van der Waals surface area contributed by atoms with E-state index >= 15 is 0 Å². The van der Waals surface area contributed by atoms with Gasteiger partial charge in [-0.3, -0.25) is 4.79 Å². The summed E-state index contributed by atoms with van der Waals surface area (Å²) in [7, 11) is 0. The van der Waals surface area contributed by atoms with E-state index in [4.69, 9.17) is 8.94 Å². The molecule has 0 spiro atoms. The van der Waals surface area contributed by atoms with Crippen molar-refractivity contribution in [3.63, 3.8) is 0 Å². The smallest absolute Gasteiger partial charge is 0.289 e. The molecule has 3 aromatic heterocycles. The molecule has 3 aromatic rings. The zero-order valence-corrected chi connectivity index (χ0v) is 16.1. The fraction of sp³-hybridized carbons (Fsp3) is 0.500. The molecule has 1 saturated heterocycles. The standard InChI is InChI=1S/C20H23N5O3/c1-12-17(13(2)28-23-12)9-16-5-6-18(27-16)20(26)24-8-7-15(10-24)25-11-21-22-19(25)14-3-4-14/h5-6,11,14-15H,3-4,7-10H2,1-2H3.